The molecule has 0 aliphatic heterocycles. The summed E-state index contributed by atoms with van der Waals surface area (Å²) in [6.07, 6.45) is 1.10. The Morgan fingerprint density at radius 3 is 2.56 bits per heavy atom. The Labute approximate surface area is 98.3 Å². The van der Waals surface area contributed by atoms with Crippen LogP contribution in [0, 0.1) is 0 Å². The summed E-state index contributed by atoms with van der Waals surface area (Å²) in [6, 6.07) is 0.185. The lowest BCUT2D eigenvalue weighted by Crippen LogP contribution is -2.38. The number of nitrogens with one attached hydrogen (secondary N) is 1. The third kappa shape index (κ3) is 7.62. The van der Waals surface area contributed by atoms with E-state index >= 15 is 0 Å². The molecule has 0 aliphatic rings. The second kappa shape index (κ2) is 8.50. The Morgan fingerprint density at radius 1 is 1.50 bits per heavy atom. The molecule has 0 saturated heterocycles. The molecule has 0 aliphatic carbocycles. The Balaban J connectivity index is 3.77. The topological polar surface area (TPSA) is 67.6 Å². The highest BCUT2D eigenvalue weighted by Gasteiger charge is 2.13. The molecule has 96 valence electrons. The van der Waals surface area contributed by atoms with Crippen molar-refractivity contribution >= 4 is 5.91 Å². The van der Waals surface area contributed by atoms with Gasteiger partial charge in [-0.2, -0.15) is 0 Å². The lowest BCUT2D eigenvalue weighted by atomic mass is 10.2. The van der Waals surface area contributed by atoms with Gasteiger partial charge in [-0.25, -0.2) is 0 Å². The standard InChI is InChI=1S/C11H25N3O2/c1-9(5-6-14(2)3)13-11(15)7-10(8-12)16-4/h9-10H,5-8,12H2,1-4H3,(H,13,15). The van der Waals surface area contributed by atoms with Crippen LogP contribution in [0.4, 0.5) is 0 Å². The van der Waals surface area contributed by atoms with Crippen LogP contribution in [0.5, 0.6) is 0 Å². The minimum absolute atomic E-state index is 0.00329. The van der Waals surface area contributed by atoms with E-state index in [1.54, 1.807) is 7.11 Å². The zero-order chi connectivity index (χ0) is 12.6. The van der Waals surface area contributed by atoms with Gasteiger partial charge >= 0.3 is 0 Å². The number of nitrogens with two attached hydrogens (primary N) is 1. The second-order valence-corrected chi connectivity index (χ2v) is 4.36. The van der Waals surface area contributed by atoms with Crippen LogP contribution in [0.2, 0.25) is 0 Å². The summed E-state index contributed by atoms with van der Waals surface area (Å²) < 4.78 is 5.06. The first-order chi connectivity index (χ1) is 7.49. The highest BCUT2D eigenvalue weighted by atomic mass is 16.5. The van der Waals surface area contributed by atoms with Gasteiger partial charge in [-0.15, -0.1) is 0 Å². The molecule has 0 spiro atoms. The van der Waals surface area contributed by atoms with E-state index in [9.17, 15) is 4.79 Å². The van der Waals surface area contributed by atoms with Crippen molar-refractivity contribution in [3.05, 3.63) is 0 Å². The van der Waals surface area contributed by atoms with E-state index in [1.165, 1.54) is 0 Å². The quantitative estimate of drug-likeness (QED) is 0.607. The van der Waals surface area contributed by atoms with Gasteiger partial charge in [0.25, 0.3) is 0 Å². The van der Waals surface area contributed by atoms with Crippen LogP contribution < -0.4 is 11.1 Å². The highest BCUT2D eigenvalue weighted by Crippen LogP contribution is 1.97. The maximum atomic E-state index is 11.6. The molecule has 0 bridgehead atoms. The van der Waals surface area contributed by atoms with Crippen LogP contribution in [0.3, 0.4) is 0 Å². The smallest absolute Gasteiger partial charge is 0.222 e. The summed E-state index contributed by atoms with van der Waals surface area (Å²) in [5.41, 5.74) is 5.45. The van der Waals surface area contributed by atoms with Gasteiger partial charge in [-0.05, 0) is 34.0 Å². The van der Waals surface area contributed by atoms with Crippen LogP contribution in [0.1, 0.15) is 19.8 Å². The first-order valence-corrected chi connectivity index (χ1v) is 5.66. The number of amides is 1. The van der Waals surface area contributed by atoms with Gasteiger partial charge in [-0.1, -0.05) is 0 Å². The number of hydrogen-bond acceptors (Lipinski definition) is 4. The Kier molecular flexibility index (Phi) is 8.15. The number of ether oxygens (including phenoxy) is 1. The van der Waals surface area contributed by atoms with Crippen LogP contribution in [-0.2, 0) is 9.53 Å². The molecule has 0 aromatic rings. The van der Waals surface area contributed by atoms with E-state index in [2.05, 4.69) is 10.2 Å². The van der Waals surface area contributed by atoms with Crippen molar-refractivity contribution in [1.82, 2.24) is 10.2 Å². The molecule has 0 fully saturated rings. The average molecular weight is 231 g/mol. The molecule has 0 saturated carbocycles. The van der Waals surface area contributed by atoms with Crippen LogP contribution in [0.25, 0.3) is 0 Å². The van der Waals surface area contributed by atoms with E-state index in [0.29, 0.717) is 13.0 Å². The summed E-state index contributed by atoms with van der Waals surface area (Å²) in [6.45, 7) is 3.34. The molecular weight excluding hydrogens is 206 g/mol. The normalized spacial score (nSPS) is 14.9. The van der Waals surface area contributed by atoms with Gasteiger partial charge in [0.15, 0.2) is 0 Å². The van der Waals surface area contributed by atoms with E-state index in [0.717, 1.165) is 13.0 Å². The number of methoxy groups -OCH3 is 1. The van der Waals surface area contributed by atoms with Crippen LogP contribution in [0.15, 0.2) is 0 Å². The van der Waals surface area contributed by atoms with Crippen LogP contribution in [-0.4, -0.2) is 57.2 Å². The molecule has 1 amide bonds. The van der Waals surface area contributed by atoms with Gasteiger partial charge in [-0.3, -0.25) is 4.79 Å². The van der Waals surface area contributed by atoms with Gasteiger partial charge in [0, 0.05) is 19.7 Å². The van der Waals surface area contributed by atoms with Gasteiger partial charge in [0.2, 0.25) is 5.91 Å². The third-order valence-electron chi connectivity index (χ3n) is 2.43. The number of rotatable bonds is 8. The van der Waals surface area contributed by atoms with Crippen molar-refractivity contribution in [3.8, 4) is 0 Å². The average Bonchev–Trinajstić information content (AvgIpc) is 2.23. The summed E-state index contributed by atoms with van der Waals surface area (Å²) in [5, 5.41) is 2.93. The maximum Gasteiger partial charge on any atom is 0.222 e. The molecule has 0 aromatic carbocycles. The Bertz CT molecular complexity index is 194. The summed E-state index contributed by atoms with van der Waals surface area (Å²) >= 11 is 0. The SMILES string of the molecule is COC(CN)CC(=O)NC(C)CCN(C)C. The Hall–Kier alpha value is -0.650. The van der Waals surface area contributed by atoms with Gasteiger partial charge in [0.1, 0.15) is 0 Å². The Morgan fingerprint density at radius 2 is 2.12 bits per heavy atom. The number of carbonyl (C=O) groups is 1. The molecule has 5 nitrogen and oxygen atoms in total. The second-order valence-electron chi connectivity index (χ2n) is 4.36. The fourth-order valence-corrected chi connectivity index (χ4v) is 1.33. The lowest BCUT2D eigenvalue weighted by molar-refractivity contribution is -0.124. The van der Waals surface area contributed by atoms with Crippen molar-refractivity contribution in [2.75, 3.05) is 34.3 Å². The first kappa shape index (κ1) is 15.3. The molecule has 16 heavy (non-hydrogen) atoms. The molecule has 5 heteroatoms. The minimum Gasteiger partial charge on any atom is -0.380 e. The highest BCUT2D eigenvalue weighted by molar-refractivity contribution is 5.76. The van der Waals surface area contributed by atoms with Crippen molar-refractivity contribution in [3.63, 3.8) is 0 Å². The van der Waals surface area contributed by atoms with Crippen molar-refractivity contribution in [2.24, 2.45) is 5.73 Å². The number of nitrogens with zero attached hydrogens (tertiary/aromatic N) is 1. The zero-order valence-corrected chi connectivity index (χ0v) is 10.8. The molecule has 2 atom stereocenters. The number of hydrogen-bond donors (Lipinski definition) is 2. The fourth-order valence-electron chi connectivity index (χ4n) is 1.33. The first-order valence-electron chi connectivity index (χ1n) is 5.66. The molecule has 0 aromatic heterocycles. The number of carbonyl (C=O) groups excluding carboxylic acids is 1. The largest absolute Gasteiger partial charge is 0.380 e. The predicted octanol–water partition coefficient (Wildman–Crippen LogP) is -0.193. The molecule has 3 N–H and O–H groups in total. The predicted molar refractivity (Wildman–Crippen MR) is 65.2 cm³/mol. The minimum atomic E-state index is -0.180. The molecular formula is C11H25N3O2. The summed E-state index contributed by atoms with van der Waals surface area (Å²) in [5.74, 6) is 0.00329. The van der Waals surface area contributed by atoms with E-state index in [1.807, 2.05) is 21.0 Å². The molecule has 0 rings (SSSR count). The fraction of sp³-hybridized carbons (Fsp3) is 0.909. The van der Waals surface area contributed by atoms with Crippen LogP contribution >= 0.6 is 0 Å². The maximum absolute atomic E-state index is 11.6. The van der Waals surface area contributed by atoms with E-state index < -0.39 is 0 Å². The zero-order valence-electron chi connectivity index (χ0n) is 10.8. The third-order valence-corrected chi connectivity index (χ3v) is 2.43. The van der Waals surface area contributed by atoms with Gasteiger partial charge < -0.3 is 20.7 Å². The van der Waals surface area contributed by atoms with Gasteiger partial charge in [0.05, 0.1) is 12.5 Å². The lowest BCUT2D eigenvalue weighted by Gasteiger charge is -2.18. The summed E-state index contributed by atoms with van der Waals surface area (Å²) in [7, 11) is 5.61. The molecule has 0 heterocycles. The van der Waals surface area contributed by atoms with Crippen molar-refractivity contribution in [2.45, 2.75) is 31.9 Å². The molecule has 2 unspecified atom stereocenters. The van der Waals surface area contributed by atoms with E-state index in [4.69, 9.17) is 10.5 Å². The van der Waals surface area contributed by atoms with E-state index in [-0.39, 0.29) is 18.1 Å². The monoisotopic (exact) mass is 231 g/mol. The van der Waals surface area contributed by atoms with Crippen molar-refractivity contribution in [1.29, 1.82) is 0 Å². The molecule has 0 radical (unpaired) electrons. The van der Waals surface area contributed by atoms with Crippen molar-refractivity contribution < 1.29 is 9.53 Å². The summed E-state index contributed by atoms with van der Waals surface area (Å²) in [4.78, 5) is 13.7.